The Balaban J connectivity index is 0.00000242. The fraction of sp³-hybridized carbons (Fsp3) is 0.538. The first-order chi connectivity index (χ1) is 10.1. The predicted molar refractivity (Wildman–Crippen MR) is 99.9 cm³/mol. The summed E-state index contributed by atoms with van der Waals surface area (Å²) in [6.45, 7) is 5.51. The highest BCUT2D eigenvalue weighted by atomic mass is 127. The van der Waals surface area contributed by atoms with Crippen molar-refractivity contribution in [1.82, 2.24) is 30.4 Å². The van der Waals surface area contributed by atoms with E-state index >= 15 is 0 Å². The monoisotopic (exact) mass is 435 g/mol. The highest BCUT2D eigenvalue weighted by Crippen LogP contribution is 2.16. The summed E-state index contributed by atoms with van der Waals surface area (Å²) in [6.07, 6.45) is 2.49. The highest BCUT2D eigenvalue weighted by Gasteiger charge is 2.06. The second-order valence-corrected chi connectivity index (χ2v) is 5.93. The van der Waals surface area contributed by atoms with E-state index in [1.165, 1.54) is 4.88 Å². The van der Waals surface area contributed by atoms with Gasteiger partial charge in [-0.15, -0.1) is 35.3 Å². The molecule has 7 nitrogen and oxygen atoms in total. The van der Waals surface area contributed by atoms with E-state index in [1.807, 2.05) is 14.0 Å². The number of aryl methyl sites for hydroxylation is 3. The summed E-state index contributed by atoms with van der Waals surface area (Å²) in [5.74, 6) is 1.63. The molecule has 2 N–H and O–H groups in total. The minimum absolute atomic E-state index is 0. The first kappa shape index (κ1) is 18.8. The molecule has 2 rings (SSSR count). The molecular formula is C13H22IN7S. The molecule has 0 saturated carbocycles. The number of thiazole rings is 1. The summed E-state index contributed by atoms with van der Waals surface area (Å²) in [5.41, 5.74) is 1.13. The molecule has 0 aromatic carbocycles. The minimum Gasteiger partial charge on any atom is -0.356 e. The largest absolute Gasteiger partial charge is 0.356 e. The molecule has 2 aromatic rings. The fourth-order valence-electron chi connectivity index (χ4n) is 1.96. The van der Waals surface area contributed by atoms with Crippen LogP contribution in [0.3, 0.4) is 0 Å². The SMILES string of the molecule is CN=C(NCCc1sc(C)nc1C)NCc1ncnn1C.I. The molecule has 0 aliphatic carbocycles. The third kappa shape index (κ3) is 5.20. The summed E-state index contributed by atoms with van der Waals surface area (Å²) in [5, 5.41) is 11.7. The standard InChI is InChI=1S/C13H21N7S.HI/c1-9-11(21-10(2)19-9)5-6-15-13(14-3)16-7-12-17-8-18-20(12)4;/h8H,5-7H2,1-4H3,(H2,14,15,16);1H. The topological polar surface area (TPSA) is 80.0 Å². The number of halogens is 1. The third-order valence-corrected chi connectivity index (χ3v) is 4.22. The zero-order valence-electron chi connectivity index (χ0n) is 13.3. The van der Waals surface area contributed by atoms with Gasteiger partial charge in [-0.25, -0.2) is 9.97 Å². The van der Waals surface area contributed by atoms with Gasteiger partial charge in [0.25, 0.3) is 0 Å². The number of hydrogen-bond donors (Lipinski definition) is 2. The first-order valence-corrected chi connectivity index (χ1v) is 7.62. The Morgan fingerprint density at radius 2 is 2.14 bits per heavy atom. The van der Waals surface area contributed by atoms with Crippen LogP contribution in [0.2, 0.25) is 0 Å². The Morgan fingerprint density at radius 3 is 2.68 bits per heavy atom. The lowest BCUT2D eigenvalue weighted by atomic mass is 10.3. The molecule has 0 spiro atoms. The van der Waals surface area contributed by atoms with Crippen LogP contribution in [0.25, 0.3) is 0 Å². The van der Waals surface area contributed by atoms with E-state index in [2.05, 4.69) is 37.6 Å². The van der Waals surface area contributed by atoms with Crippen LogP contribution in [0, 0.1) is 13.8 Å². The summed E-state index contributed by atoms with van der Waals surface area (Å²) in [6, 6.07) is 0. The quantitative estimate of drug-likeness (QED) is 0.422. The second-order valence-electron chi connectivity index (χ2n) is 4.64. The van der Waals surface area contributed by atoms with Crippen molar-refractivity contribution in [2.24, 2.45) is 12.0 Å². The van der Waals surface area contributed by atoms with E-state index in [4.69, 9.17) is 0 Å². The average Bonchev–Trinajstić information content (AvgIpc) is 2.99. The number of aliphatic imine (C=N–C) groups is 1. The van der Waals surface area contributed by atoms with Gasteiger partial charge in [0.1, 0.15) is 12.2 Å². The number of nitrogens with one attached hydrogen (secondary N) is 2. The molecule has 0 fully saturated rings. The molecule has 0 amide bonds. The zero-order valence-corrected chi connectivity index (χ0v) is 16.4. The van der Waals surface area contributed by atoms with E-state index in [0.717, 1.165) is 35.5 Å². The Kier molecular flexibility index (Phi) is 7.73. The van der Waals surface area contributed by atoms with E-state index in [1.54, 1.807) is 29.4 Å². The van der Waals surface area contributed by atoms with Crippen LogP contribution in [-0.2, 0) is 20.0 Å². The Morgan fingerprint density at radius 1 is 1.36 bits per heavy atom. The molecule has 0 bridgehead atoms. The Labute approximate surface area is 151 Å². The fourth-order valence-corrected chi connectivity index (χ4v) is 2.90. The van der Waals surface area contributed by atoms with Crippen LogP contribution in [0.5, 0.6) is 0 Å². The Hall–Kier alpha value is -1.23. The van der Waals surface area contributed by atoms with Gasteiger partial charge in [-0.3, -0.25) is 9.67 Å². The van der Waals surface area contributed by atoms with Gasteiger partial charge in [-0.2, -0.15) is 5.10 Å². The van der Waals surface area contributed by atoms with Crippen molar-refractivity contribution < 1.29 is 0 Å². The highest BCUT2D eigenvalue weighted by molar-refractivity contribution is 14.0. The molecule has 0 radical (unpaired) electrons. The van der Waals surface area contributed by atoms with Crippen molar-refractivity contribution >= 4 is 41.3 Å². The number of nitrogens with zero attached hydrogens (tertiary/aromatic N) is 5. The van der Waals surface area contributed by atoms with E-state index in [-0.39, 0.29) is 24.0 Å². The zero-order chi connectivity index (χ0) is 15.2. The van der Waals surface area contributed by atoms with E-state index < -0.39 is 0 Å². The van der Waals surface area contributed by atoms with Crippen molar-refractivity contribution in [2.75, 3.05) is 13.6 Å². The van der Waals surface area contributed by atoms with Crippen molar-refractivity contribution in [3.63, 3.8) is 0 Å². The minimum atomic E-state index is 0. The van der Waals surface area contributed by atoms with Crippen molar-refractivity contribution in [3.05, 3.63) is 27.7 Å². The number of guanidine groups is 1. The van der Waals surface area contributed by atoms with Gasteiger partial charge in [0.2, 0.25) is 0 Å². The summed E-state index contributed by atoms with van der Waals surface area (Å²) < 4.78 is 1.74. The summed E-state index contributed by atoms with van der Waals surface area (Å²) >= 11 is 1.75. The van der Waals surface area contributed by atoms with Crippen LogP contribution in [0.15, 0.2) is 11.3 Å². The van der Waals surface area contributed by atoms with Gasteiger partial charge in [-0.05, 0) is 13.8 Å². The van der Waals surface area contributed by atoms with Gasteiger partial charge in [0, 0.05) is 31.9 Å². The second kappa shape index (κ2) is 9.03. The van der Waals surface area contributed by atoms with Gasteiger partial charge < -0.3 is 10.6 Å². The van der Waals surface area contributed by atoms with Crippen LogP contribution < -0.4 is 10.6 Å². The molecule has 0 aliphatic rings. The Bertz CT molecular complexity index is 620. The molecule has 22 heavy (non-hydrogen) atoms. The van der Waals surface area contributed by atoms with Crippen molar-refractivity contribution in [3.8, 4) is 0 Å². The first-order valence-electron chi connectivity index (χ1n) is 6.80. The lowest BCUT2D eigenvalue weighted by Gasteiger charge is -2.11. The van der Waals surface area contributed by atoms with E-state index in [0.29, 0.717) is 6.54 Å². The van der Waals surface area contributed by atoms with E-state index in [9.17, 15) is 0 Å². The molecule has 0 unspecified atom stereocenters. The molecule has 2 aromatic heterocycles. The smallest absolute Gasteiger partial charge is 0.191 e. The molecular weight excluding hydrogens is 413 g/mol. The van der Waals surface area contributed by atoms with Gasteiger partial charge in [0.05, 0.1) is 17.2 Å². The maximum atomic E-state index is 4.44. The number of aromatic nitrogens is 4. The average molecular weight is 435 g/mol. The third-order valence-electron chi connectivity index (χ3n) is 3.09. The molecule has 122 valence electrons. The molecule has 9 heteroatoms. The van der Waals surface area contributed by atoms with Crippen LogP contribution >= 0.6 is 35.3 Å². The van der Waals surface area contributed by atoms with Gasteiger partial charge in [0.15, 0.2) is 5.96 Å². The van der Waals surface area contributed by atoms with Crippen molar-refractivity contribution in [2.45, 2.75) is 26.8 Å². The van der Waals surface area contributed by atoms with Crippen LogP contribution in [0.1, 0.15) is 21.4 Å². The number of rotatable bonds is 5. The lowest BCUT2D eigenvalue weighted by molar-refractivity contribution is 0.672. The number of hydrogen-bond acceptors (Lipinski definition) is 5. The predicted octanol–water partition coefficient (Wildman–Crippen LogP) is 1.41. The normalized spacial score (nSPS) is 11.2. The summed E-state index contributed by atoms with van der Waals surface area (Å²) in [7, 11) is 3.63. The van der Waals surface area contributed by atoms with Gasteiger partial charge in [-0.1, -0.05) is 0 Å². The van der Waals surface area contributed by atoms with Crippen molar-refractivity contribution in [1.29, 1.82) is 0 Å². The molecule has 0 atom stereocenters. The van der Waals surface area contributed by atoms with Crippen LogP contribution in [0.4, 0.5) is 0 Å². The van der Waals surface area contributed by atoms with Gasteiger partial charge >= 0.3 is 0 Å². The van der Waals surface area contributed by atoms with Crippen LogP contribution in [-0.4, -0.2) is 39.3 Å². The summed E-state index contributed by atoms with van der Waals surface area (Å²) in [4.78, 5) is 14.1. The maximum Gasteiger partial charge on any atom is 0.191 e. The maximum absolute atomic E-state index is 4.44. The molecule has 2 heterocycles. The lowest BCUT2D eigenvalue weighted by Crippen LogP contribution is -2.38. The molecule has 0 saturated heterocycles. The molecule has 0 aliphatic heterocycles.